The fourth-order valence-corrected chi connectivity index (χ4v) is 5.14. The Labute approximate surface area is 251 Å². The lowest BCUT2D eigenvalue weighted by molar-refractivity contribution is -0.137. The van der Waals surface area contributed by atoms with E-state index in [1.165, 1.54) is 21.1 Å². The Bertz CT molecular complexity index is 1150. The van der Waals surface area contributed by atoms with E-state index in [-0.39, 0.29) is 24.1 Å². The monoisotopic (exact) mass is 691 g/mol. The molecule has 1 aliphatic carbocycles. The SMILES string of the molecule is CC.CC.O=C(CNC(=O)c1cccc(C(F)(F)F)c1)NC1CN(C2CCC(n3cc(C#CSI)cn3)CC2)C1. The van der Waals surface area contributed by atoms with E-state index < -0.39 is 17.6 Å². The van der Waals surface area contributed by atoms with Crippen LogP contribution in [-0.2, 0) is 11.0 Å². The second kappa shape index (κ2) is 16.9. The highest BCUT2D eigenvalue weighted by atomic mass is 127. The quantitative estimate of drug-likeness (QED) is 0.285. The van der Waals surface area contributed by atoms with Crippen LogP contribution in [0, 0.1) is 11.2 Å². The van der Waals surface area contributed by atoms with E-state index in [4.69, 9.17) is 0 Å². The number of alkyl halides is 3. The number of nitrogens with one attached hydrogen (secondary N) is 2. The molecule has 2 aliphatic rings. The second-order valence-corrected chi connectivity index (χ2v) is 10.6. The van der Waals surface area contributed by atoms with Gasteiger partial charge in [0.25, 0.3) is 5.91 Å². The van der Waals surface area contributed by atoms with E-state index in [9.17, 15) is 22.8 Å². The van der Waals surface area contributed by atoms with Gasteiger partial charge in [-0.15, -0.1) is 0 Å². The number of rotatable bonds is 6. The normalized spacial score (nSPS) is 18.9. The van der Waals surface area contributed by atoms with Gasteiger partial charge in [-0.1, -0.05) is 39.7 Å². The van der Waals surface area contributed by atoms with Gasteiger partial charge in [0.15, 0.2) is 0 Å². The number of aromatic nitrogens is 2. The van der Waals surface area contributed by atoms with E-state index in [0.717, 1.165) is 56.5 Å². The van der Waals surface area contributed by atoms with Crippen molar-refractivity contribution >= 4 is 42.0 Å². The summed E-state index contributed by atoms with van der Waals surface area (Å²) in [5.41, 5.74) is -0.117. The smallest absolute Gasteiger partial charge is 0.349 e. The summed E-state index contributed by atoms with van der Waals surface area (Å²) in [6, 6.07) is 4.98. The van der Waals surface area contributed by atoms with Crippen LogP contribution in [0.25, 0.3) is 0 Å². The first-order valence-corrected chi connectivity index (χ1v) is 16.9. The Hall–Kier alpha value is -2.24. The average Bonchev–Trinajstić information content (AvgIpc) is 3.43. The number of nitrogens with zero attached hydrogens (tertiary/aromatic N) is 3. The van der Waals surface area contributed by atoms with Crippen LogP contribution in [0.1, 0.15) is 80.9 Å². The first-order valence-electron chi connectivity index (χ1n) is 13.5. The molecular formula is C28H37F3IN5O2S. The predicted octanol–water partition coefficient (Wildman–Crippen LogP) is 6.06. The minimum atomic E-state index is -4.53. The van der Waals surface area contributed by atoms with E-state index in [2.05, 4.69) is 53.0 Å². The van der Waals surface area contributed by atoms with Crippen molar-refractivity contribution < 1.29 is 22.8 Å². The average molecular weight is 692 g/mol. The van der Waals surface area contributed by atoms with Gasteiger partial charge in [-0.25, -0.2) is 0 Å². The van der Waals surface area contributed by atoms with Crippen LogP contribution < -0.4 is 10.6 Å². The van der Waals surface area contributed by atoms with Gasteiger partial charge in [0.1, 0.15) is 0 Å². The minimum Gasteiger partial charge on any atom is -0.349 e. The number of hydrogen-bond donors (Lipinski definition) is 2. The molecule has 2 aromatic rings. The summed E-state index contributed by atoms with van der Waals surface area (Å²) < 4.78 is 40.5. The minimum absolute atomic E-state index is 0.00343. The summed E-state index contributed by atoms with van der Waals surface area (Å²) in [5.74, 6) is 1.99. The first kappa shape index (κ1) is 34.0. The number of carbonyl (C=O) groups excluding carboxylic acids is 2. The molecule has 220 valence electrons. The Kier molecular flexibility index (Phi) is 14.3. The zero-order chi connectivity index (χ0) is 29.7. The molecule has 1 aliphatic heterocycles. The molecule has 1 saturated carbocycles. The van der Waals surface area contributed by atoms with E-state index in [1.807, 2.05) is 38.6 Å². The standard InChI is InChI=1S/C24H25F3IN5O2S.2C2H6/c25-24(26,27)18-3-1-2-17(10-18)23(35)29-12-22(34)31-19-14-32(15-19)20-4-6-21(7-5-20)33-13-16(11-30-33)8-9-36-28;2*1-2/h1-3,10-11,13,19-21H,4-7,12,14-15H2,(H,29,35)(H,31,34);2*1-2H3. The van der Waals surface area contributed by atoms with Crippen molar-refractivity contribution in [2.24, 2.45) is 0 Å². The molecule has 0 unspecified atom stereocenters. The highest BCUT2D eigenvalue weighted by Gasteiger charge is 2.35. The van der Waals surface area contributed by atoms with Crippen LogP contribution in [0.4, 0.5) is 13.2 Å². The van der Waals surface area contributed by atoms with Crippen LogP contribution in [0.15, 0.2) is 36.7 Å². The Morgan fingerprint density at radius 2 is 1.75 bits per heavy atom. The van der Waals surface area contributed by atoms with E-state index in [1.54, 1.807) is 6.20 Å². The lowest BCUT2D eigenvalue weighted by Crippen LogP contribution is -2.63. The highest BCUT2D eigenvalue weighted by Crippen LogP contribution is 2.33. The zero-order valence-corrected chi connectivity index (χ0v) is 26.2. The van der Waals surface area contributed by atoms with Gasteiger partial charge in [-0.3, -0.25) is 19.2 Å². The van der Waals surface area contributed by atoms with Gasteiger partial charge in [0.2, 0.25) is 5.91 Å². The van der Waals surface area contributed by atoms with Crippen molar-refractivity contribution in [1.82, 2.24) is 25.3 Å². The molecule has 1 aromatic heterocycles. The van der Waals surface area contributed by atoms with E-state index >= 15 is 0 Å². The lowest BCUT2D eigenvalue weighted by Gasteiger charge is -2.46. The summed E-state index contributed by atoms with van der Waals surface area (Å²) in [6.07, 6.45) is 3.47. The third-order valence-corrected chi connectivity index (χ3v) is 7.37. The van der Waals surface area contributed by atoms with Crippen molar-refractivity contribution in [1.29, 1.82) is 0 Å². The second-order valence-electron chi connectivity index (χ2n) is 8.96. The number of amides is 2. The molecule has 2 fully saturated rings. The maximum Gasteiger partial charge on any atom is 0.416 e. The predicted molar refractivity (Wildman–Crippen MR) is 162 cm³/mol. The molecule has 0 spiro atoms. The molecule has 7 nitrogen and oxygen atoms in total. The Balaban J connectivity index is 0.00000134. The topological polar surface area (TPSA) is 79.3 Å². The van der Waals surface area contributed by atoms with Crippen LogP contribution >= 0.6 is 30.1 Å². The summed E-state index contributed by atoms with van der Waals surface area (Å²) in [6.45, 7) is 9.21. The largest absolute Gasteiger partial charge is 0.416 e. The van der Waals surface area contributed by atoms with E-state index in [0.29, 0.717) is 12.1 Å². The van der Waals surface area contributed by atoms with Crippen molar-refractivity contribution in [3.8, 4) is 11.2 Å². The number of benzene rings is 1. The summed E-state index contributed by atoms with van der Waals surface area (Å²) in [5, 5.41) is 12.7. The van der Waals surface area contributed by atoms with Gasteiger partial charge in [0, 0.05) is 52.1 Å². The van der Waals surface area contributed by atoms with Crippen LogP contribution in [0.5, 0.6) is 0 Å². The summed E-state index contributed by atoms with van der Waals surface area (Å²) in [7, 11) is 1.45. The van der Waals surface area contributed by atoms with Crippen LogP contribution in [-0.4, -0.2) is 58.2 Å². The summed E-state index contributed by atoms with van der Waals surface area (Å²) >= 11 is 2.14. The Morgan fingerprint density at radius 3 is 2.38 bits per heavy atom. The molecular weight excluding hydrogens is 654 g/mol. The fraction of sp³-hybridized carbons (Fsp3) is 0.536. The maximum absolute atomic E-state index is 12.8. The highest BCUT2D eigenvalue weighted by molar-refractivity contribution is 14.2. The molecule has 1 aromatic carbocycles. The molecule has 2 N–H and O–H groups in total. The molecule has 0 bridgehead atoms. The van der Waals surface area contributed by atoms with Gasteiger partial charge in [0.05, 0.1) is 36.0 Å². The number of likely N-dealkylation sites (tertiary alicyclic amines) is 1. The molecule has 0 atom stereocenters. The van der Waals surface area contributed by atoms with Crippen molar-refractivity contribution in [3.63, 3.8) is 0 Å². The third-order valence-electron chi connectivity index (χ3n) is 6.53. The van der Waals surface area contributed by atoms with Crippen LogP contribution in [0.3, 0.4) is 0 Å². The van der Waals surface area contributed by atoms with Gasteiger partial charge < -0.3 is 10.6 Å². The molecule has 4 rings (SSSR count). The molecule has 0 radical (unpaired) electrons. The number of halogens is 4. The fourth-order valence-electron chi connectivity index (χ4n) is 4.65. The first-order chi connectivity index (χ1) is 19.2. The molecule has 12 heteroatoms. The van der Waals surface area contributed by atoms with Crippen LogP contribution in [0.2, 0.25) is 0 Å². The van der Waals surface area contributed by atoms with Gasteiger partial charge in [-0.2, -0.15) is 18.3 Å². The maximum atomic E-state index is 12.8. The summed E-state index contributed by atoms with van der Waals surface area (Å²) in [4.78, 5) is 26.7. The van der Waals surface area contributed by atoms with Gasteiger partial charge >= 0.3 is 6.18 Å². The van der Waals surface area contributed by atoms with Crippen molar-refractivity contribution in [2.75, 3.05) is 19.6 Å². The zero-order valence-electron chi connectivity index (χ0n) is 23.2. The lowest BCUT2D eigenvalue weighted by atomic mass is 9.88. The molecule has 1 saturated heterocycles. The van der Waals surface area contributed by atoms with Crippen molar-refractivity contribution in [2.45, 2.75) is 77.7 Å². The molecule has 40 heavy (non-hydrogen) atoms. The van der Waals surface area contributed by atoms with Crippen molar-refractivity contribution in [3.05, 3.63) is 53.3 Å². The number of hydrogen-bond acceptors (Lipinski definition) is 5. The van der Waals surface area contributed by atoms with Gasteiger partial charge in [-0.05, 0) is 58.1 Å². The third kappa shape index (κ3) is 9.99. The molecule has 2 heterocycles. The number of carbonyl (C=O) groups is 2. The molecule has 2 amide bonds. The Morgan fingerprint density at radius 1 is 1.10 bits per heavy atom.